The highest BCUT2D eigenvalue weighted by atomic mass is 32.1. The summed E-state index contributed by atoms with van der Waals surface area (Å²) in [6.45, 7) is 0. The van der Waals surface area contributed by atoms with E-state index in [2.05, 4.69) is 144 Å². The van der Waals surface area contributed by atoms with Crippen LogP contribution >= 0.6 is 11.3 Å². The number of benzene rings is 8. The summed E-state index contributed by atoms with van der Waals surface area (Å²) in [5.41, 5.74) is 11.7. The molecular weight excluding hydrogens is 655 g/mol. The summed E-state index contributed by atoms with van der Waals surface area (Å²) in [6, 6.07) is 59.1. The Bertz CT molecular complexity index is 3290. The third-order valence-electron chi connectivity index (χ3n) is 10.8. The average molecular weight is 682 g/mol. The zero-order chi connectivity index (χ0) is 33.9. The van der Waals surface area contributed by atoms with Gasteiger partial charge in [-0.2, -0.15) is 0 Å². The van der Waals surface area contributed by atoms with E-state index < -0.39 is 0 Å². The molecule has 0 fully saturated rings. The van der Waals surface area contributed by atoms with Crippen LogP contribution in [0.1, 0.15) is 0 Å². The quantitative estimate of drug-likeness (QED) is 0.186. The molecule has 3 nitrogen and oxygen atoms in total. The molecular formula is C48H27NO2S. The van der Waals surface area contributed by atoms with Crippen LogP contribution in [0.4, 0.5) is 0 Å². The monoisotopic (exact) mass is 681 g/mol. The van der Waals surface area contributed by atoms with Gasteiger partial charge in [-0.05, 0) is 101 Å². The summed E-state index contributed by atoms with van der Waals surface area (Å²) in [6.07, 6.45) is 0. The molecule has 0 saturated carbocycles. The van der Waals surface area contributed by atoms with Crippen LogP contribution in [0.15, 0.2) is 173 Å². The molecule has 0 bridgehead atoms. The van der Waals surface area contributed by atoms with Gasteiger partial charge in [-0.15, -0.1) is 11.3 Å². The highest BCUT2D eigenvalue weighted by Crippen LogP contribution is 2.43. The number of aromatic nitrogens is 1. The molecule has 0 atom stereocenters. The SMILES string of the molecule is c1ccc2c(c1)oc1ccc(-c3cc(-c4ccc5oc6ccccc6c5c4)cc(-n4c5ccccc5c5cc6c(cc54)sc4ccccc46)c3)cc12. The first-order valence-electron chi connectivity index (χ1n) is 17.6. The first kappa shape index (κ1) is 28.1. The lowest BCUT2D eigenvalue weighted by Crippen LogP contribution is -1.96. The molecule has 4 heterocycles. The van der Waals surface area contributed by atoms with Crippen molar-refractivity contribution < 1.29 is 8.83 Å². The van der Waals surface area contributed by atoms with Gasteiger partial charge in [0.1, 0.15) is 22.3 Å². The van der Waals surface area contributed by atoms with Gasteiger partial charge in [0.2, 0.25) is 0 Å². The van der Waals surface area contributed by atoms with Crippen molar-refractivity contribution in [3.05, 3.63) is 164 Å². The summed E-state index contributed by atoms with van der Waals surface area (Å²) in [7, 11) is 0. The molecule has 0 saturated heterocycles. The Labute approximate surface area is 301 Å². The summed E-state index contributed by atoms with van der Waals surface area (Å²) in [5.74, 6) is 0. The van der Waals surface area contributed by atoms with Crippen molar-refractivity contribution in [3.8, 4) is 27.9 Å². The van der Waals surface area contributed by atoms with Crippen LogP contribution in [0.5, 0.6) is 0 Å². The third-order valence-corrected chi connectivity index (χ3v) is 11.9. The molecule has 12 aromatic rings. The zero-order valence-corrected chi connectivity index (χ0v) is 28.6. The zero-order valence-electron chi connectivity index (χ0n) is 27.8. The number of hydrogen-bond acceptors (Lipinski definition) is 3. The molecule has 8 aromatic carbocycles. The molecule has 52 heavy (non-hydrogen) atoms. The van der Waals surface area contributed by atoms with Crippen LogP contribution in [-0.4, -0.2) is 4.57 Å². The van der Waals surface area contributed by atoms with Crippen LogP contribution in [0, 0.1) is 0 Å². The summed E-state index contributed by atoms with van der Waals surface area (Å²) >= 11 is 1.86. The number of nitrogens with zero attached hydrogens (tertiary/aromatic N) is 1. The van der Waals surface area contributed by atoms with Gasteiger partial charge in [0.25, 0.3) is 0 Å². The van der Waals surface area contributed by atoms with Crippen LogP contribution in [0.2, 0.25) is 0 Å². The fraction of sp³-hybridized carbons (Fsp3) is 0. The largest absolute Gasteiger partial charge is 0.456 e. The summed E-state index contributed by atoms with van der Waals surface area (Å²) in [4.78, 5) is 0. The Balaban J connectivity index is 1.16. The van der Waals surface area contributed by atoms with Crippen molar-refractivity contribution in [2.24, 2.45) is 0 Å². The van der Waals surface area contributed by atoms with E-state index in [1.807, 2.05) is 35.6 Å². The third kappa shape index (κ3) is 4.01. The van der Waals surface area contributed by atoms with Crippen molar-refractivity contribution in [1.82, 2.24) is 4.57 Å². The Morgan fingerprint density at radius 2 is 0.885 bits per heavy atom. The van der Waals surface area contributed by atoms with Gasteiger partial charge in [0, 0.05) is 58.2 Å². The summed E-state index contributed by atoms with van der Waals surface area (Å²) in [5, 5.41) is 9.63. The van der Waals surface area contributed by atoms with Gasteiger partial charge >= 0.3 is 0 Å². The highest BCUT2D eigenvalue weighted by molar-refractivity contribution is 7.25. The molecule has 0 N–H and O–H groups in total. The molecule has 0 unspecified atom stereocenters. The van der Waals surface area contributed by atoms with Gasteiger partial charge in [-0.1, -0.05) is 84.9 Å². The molecule has 0 aliphatic rings. The summed E-state index contributed by atoms with van der Waals surface area (Å²) < 4.78 is 17.5. The Kier molecular flexibility index (Phi) is 5.65. The molecule has 0 aliphatic heterocycles. The normalized spacial score (nSPS) is 12.2. The minimum absolute atomic E-state index is 0.897. The predicted octanol–water partition coefficient (Wildman–Crippen LogP) is 14.3. The maximum atomic E-state index is 6.23. The van der Waals surface area contributed by atoms with E-state index in [0.29, 0.717) is 0 Å². The van der Waals surface area contributed by atoms with Crippen molar-refractivity contribution in [3.63, 3.8) is 0 Å². The lowest BCUT2D eigenvalue weighted by atomic mass is 9.96. The molecule has 0 amide bonds. The molecule has 0 radical (unpaired) electrons. The van der Waals surface area contributed by atoms with Gasteiger partial charge in [-0.25, -0.2) is 0 Å². The fourth-order valence-corrected chi connectivity index (χ4v) is 9.47. The van der Waals surface area contributed by atoms with E-state index in [1.54, 1.807) is 0 Å². The standard InChI is InChI=1S/C48H27NO2S/c1-5-13-41-33(9-1)37-26-40-36-12-4-8-16-47(36)52-48(40)27-42(37)49(41)32-22-30(28-17-19-45-38(24-28)34-10-2-6-14-43(34)50-45)21-31(23-32)29-18-20-46-39(25-29)35-11-3-7-15-44(35)51-46/h1-27H. The number of para-hydroxylation sites is 3. The number of furan rings is 2. The molecule has 0 aliphatic carbocycles. The molecule has 12 rings (SSSR count). The Morgan fingerprint density at radius 1 is 0.327 bits per heavy atom. The topological polar surface area (TPSA) is 31.2 Å². The van der Waals surface area contributed by atoms with Crippen molar-refractivity contribution in [2.75, 3.05) is 0 Å². The maximum absolute atomic E-state index is 6.23. The van der Waals surface area contributed by atoms with Crippen LogP contribution in [0.25, 0.3) is 114 Å². The second-order valence-electron chi connectivity index (χ2n) is 13.7. The van der Waals surface area contributed by atoms with Crippen LogP contribution in [-0.2, 0) is 0 Å². The molecule has 4 heteroatoms. The smallest absolute Gasteiger partial charge is 0.135 e. The molecule has 242 valence electrons. The second-order valence-corrected chi connectivity index (χ2v) is 14.8. The second kappa shape index (κ2) is 10.5. The predicted molar refractivity (Wildman–Crippen MR) is 219 cm³/mol. The number of hydrogen-bond donors (Lipinski definition) is 0. The first-order valence-corrected chi connectivity index (χ1v) is 18.4. The van der Waals surface area contributed by atoms with Crippen LogP contribution in [0.3, 0.4) is 0 Å². The number of fused-ring (bicyclic) bond motifs is 12. The number of rotatable bonds is 3. The van der Waals surface area contributed by atoms with E-state index >= 15 is 0 Å². The van der Waals surface area contributed by atoms with Gasteiger partial charge in [-0.3, -0.25) is 0 Å². The Morgan fingerprint density at radius 3 is 1.56 bits per heavy atom. The van der Waals surface area contributed by atoms with E-state index in [9.17, 15) is 0 Å². The lowest BCUT2D eigenvalue weighted by molar-refractivity contribution is 0.668. The van der Waals surface area contributed by atoms with Gasteiger partial charge in [0.05, 0.1) is 11.0 Å². The lowest BCUT2D eigenvalue weighted by Gasteiger charge is -2.14. The molecule has 0 spiro atoms. The van der Waals surface area contributed by atoms with Crippen molar-refractivity contribution >= 4 is 97.2 Å². The van der Waals surface area contributed by atoms with Crippen molar-refractivity contribution in [2.45, 2.75) is 0 Å². The van der Waals surface area contributed by atoms with E-state index in [1.165, 1.54) is 42.0 Å². The maximum Gasteiger partial charge on any atom is 0.135 e. The fourth-order valence-electron chi connectivity index (χ4n) is 8.35. The van der Waals surface area contributed by atoms with Gasteiger partial charge < -0.3 is 13.4 Å². The van der Waals surface area contributed by atoms with Crippen molar-refractivity contribution in [1.29, 1.82) is 0 Å². The Hall–Kier alpha value is -6.62. The first-order chi connectivity index (χ1) is 25.7. The van der Waals surface area contributed by atoms with Crippen LogP contribution < -0.4 is 0 Å². The highest BCUT2D eigenvalue weighted by Gasteiger charge is 2.18. The minimum Gasteiger partial charge on any atom is -0.456 e. The average Bonchev–Trinajstić information content (AvgIpc) is 3.95. The van der Waals surface area contributed by atoms with E-state index in [-0.39, 0.29) is 0 Å². The minimum atomic E-state index is 0.897. The molecule has 4 aromatic heterocycles. The van der Waals surface area contributed by atoms with E-state index in [4.69, 9.17) is 8.83 Å². The number of thiophene rings is 1. The van der Waals surface area contributed by atoms with Gasteiger partial charge in [0.15, 0.2) is 0 Å². The van der Waals surface area contributed by atoms with E-state index in [0.717, 1.165) is 71.8 Å².